The second-order valence-electron chi connectivity index (χ2n) is 6.57. The van der Waals surface area contributed by atoms with E-state index in [2.05, 4.69) is 4.98 Å². The molecule has 2 aliphatic rings. The first-order valence-electron chi connectivity index (χ1n) is 8.15. The van der Waals surface area contributed by atoms with Crippen LogP contribution in [0.1, 0.15) is 18.5 Å². The number of aromatic nitrogens is 1. The number of rotatable bonds is 3. The Morgan fingerprint density at radius 3 is 2.42 bits per heavy atom. The van der Waals surface area contributed by atoms with Gasteiger partial charge < -0.3 is 19.3 Å². The van der Waals surface area contributed by atoms with Gasteiger partial charge in [0.25, 0.3) is 0 Å². The number of likely N-dealkylation sites (tertiary alicyclic amines) is 2. The lowest BCUT2D eigenvalue weighted by Gasteiger charge is -2.53. The number of carbonyl (C=O) groups excluding carboxylic acids is 2. The Morgan fingerprint density at radius 1 is 1.17 bits per heavy atom. The van der Waals surface area contributed by atoms with Crippen molar-refractivity contribution < 1.29 is 19.1 Å². The Bertz CT molecular complexity index is 601. The van der Waals surface area contributed by atoms with Crippen LogP contribution < -0.4 is 4.74 Å². The first-order chi connectivity index (χ1) is 11.5. The van der Waals surface area contributed by atoms with Crippen molar-refractivity contribution in [3.63, 3.8) is 0 Å². The molecular formula is C17H23N3O4. The van der Waals surface area contributed by atoms with Gasteiger partial charge in [-0.05, 0) is 25.0 Å². The van der Waals surface area contributed by atoms with E-state index >= 15 is 0 Å². The molecule has 0 bridgehead atoms. The van der Waals surface area contributed by atoms with Crippen molar-refractivity contribution in [2.45, 2.75) is 19.3 Å². The summed E-state index contributed by atoms with van der Waals surface area (Å²) in [5.74, 6) is 0.790. The van der Waals surface area contributed by atoms with Crippen LogP contribution in [-0.4, -0.2) is 67.2 Å². The molecule has 0 aliphatic carbocycles. The van der Waals surface area contributed by atoms with Gasteiger partial charge in [-0.25, -0.2) is 4.79 Å². The van der Waals surface area contributed by atoms with E-state index in [9.17, 15) is 9.59 Å². The zero-order valence-corrected chi connectivity index (χ0v) is 14.2. The Hall–Kier alpha value is -2.31. The molecule has 2 amide bonds. The van der Waals surface area contributed by atoms with E-state index < -0.39 is 0 Å². The van der Waals surface area contributed by atoms with Crippen LogP contribution >= 0.6 is 0 Å². The van der Waals surface area contributed by atoms with Gasteiger partial charge in [-0.2, -0.15) is 0 Å². The molecule has 7 nitrogen and oxygen atoms in total. The third kappa shape index (κ3) is 3.29. The van der Waals surface area contributed by atoms with Crippen LogP contribution in [0, 0.1) is 5.41 Å². The Labute approximate surface area is 141 Å². The number of amides is 2. The van der Waals surface area contributed by atoms with Crippen LogP contribution in [-0.2, 0) is 16.0 Å². The zero-order chi connectivity index (χ0) is 17.2. The molecule has 2 aliphatic heterocycles. The lowest BCUT2D eigenvalue weighted by molar-refractivity contribution is -0.135. The normalized spacial score (nSPS) is 18.9. The zero-order valence-electron chi connectivity index (χ0n) is 14.2. The minimum atomic E-state index is -0.260. The van der Waals surface area contributed by atoms with Crippen LogP contribution in [0.3, 0.4) is 0 Å². The molecule has 3 heterocycles. The maximum Gasteiger partial charge on any atom is 0.409 e. The molecule has 130 valence electrons. The fourth-order valence-electron chi connectivity index (χ4n) is 3.47. The van der Waals surface area contributed by atoms with E-state index in [0.29, 0.717) is 12.2 Å². The highest BCUT2D eigenvalue weighted by Crippen LogP contribution is 2.40. The van der Waals surface area contributed by atoms with Crippen molar-refractivity contribution in [2.75, 3.05) is 40.4 Å². The summed E-state index contributed by atoms with van der Waals surface area (Å²) in [7, 11) is 3.00. The molecule has 24 heavy (non-hydrogen) atoms. The van der Waals surface area contributed by atoms with Gasteiger partial charge in [0.05, 0.1) is 26.8 Å². The Kier molecular flexibility index (Phi) is 4.59. The summed E-state index contributed by atoms with van der Waals surface area (Å²) in [6.45, 7) is 2.96. The van der Waals surface area contributed by atoms with E-state index in [0.717, 1.165) is 44.7 Å². The second-order valence-corrected chi connectivity index (χ2v) is 6.57. The smallest absolute Gasteiger partial charge is 0.409 e. The molecule has 1 aromatic heterocycles. The van der Waals surface area contributed by atoms with E-state index in [-0.39, 0.29) is 17.4 Å². The van der Waals surface area contributed by atoms with Gasteiger partial charge in [0.2, 0.25) is 5.91 Å². The SMILES string of the molecule is COC(=O)N1CC2(CCN(C(=O)Cc3ccc(OC)cn3)CC2)C1. The van der Waals surface area contributed by atoms with Crippen LogP contribution in [0.4, 0.5) is 4.79 Å². The average Bonchev–Trinajstić information content (AvgIpc) is 2.59. The first-order valence-corrected chi connectivity index (χ1v) is 8.15. The van der Waals surface area contributed by atoms with Gasteiger partial charge in [-0.1, -0.05) is 0 Å². The minimum absolute atomic E-state index is 0.103. The first kappa shape index (κ1) is 16.5. The molecule has 2 fully saturated rings. The molecule has 0 radical (unpaired) electrons. The number of ether oxygens (including phenoxy) is 2. The number of pyridine rings is 1. The van der Waals surface area contributed by atoms with E-state index in [1.165, 1.54) is 7.11 Å². The van der Waals surface area contributed by atoms with E-state index in [1.807, 2.05) is 17.0 Å². The fourth-order valence-corrected chi connectivity index (χ4v) is 3.47. The molecule has 0 aromatic carbocycles. The van der Waals surface area contributed by atoms with Gasteiger partial charge >= 0.3 is 6.09 Å². The van der Waals surface area contributed by atoms with Crippen molar-refractivity contribution in [1.82, 2.24) is 14.8 Å². The summed E-state index contributed by atoms with van der Waals surface area (Å²) in [4.78, 5) is 31.8. The molecule has 0 atom stereocenters. The van der Waals surface area contributed by atoms with E-state index in [4.69, 9.17) is 9.47 Å². The molecule has 1 aromatic rings. The monoisotopic (exact) mass is 333 g/mol. The highest BCUT2D eigenvalue weighted by atomic mass is 16.5. The minimum Gasteiger partial charge on any atom is -0.495 e. The van der Waals surface area contributed by atoms with Gasteiger partial charge in [-0.15, -0.1) is 0 Å². The molecule has 0 unspecified atom stereocenters. The highest BCUT2D eigenvalue weighted by Gasteiger charge is 2.47. The molecule has 0 saturated carbocycles. The molecule has 1 spiro atoms. The number of hydrogen-bond donors (Lipinski definition) is 0. The third-order valence-corrected chi connectivity index (χ3v) is 5.03. The van der Waals surface area contributed by atoms with Gasteiger partial charge in [0.15, 0.2) is 0 Å². The summed E-state index contributed by atoms with van der Waals surface area (Å²) >= 11 is 0. The fraction of sp³-hybridized carbons (Fsp3) is 0.588. The van der Waals surface area contributed by atoms with Crippen molar-refractivity contribution in [3.8, 4) is 5.75 Å². The standard InChI is InChI=1S/C17H23N3O4/c1-23-14-4-3-13(18-10-14)9-15(21)19-7-5-17(6-8-19)11-20(12-17)16(22)24-2/h3-4,10H,5-9,11-12H2,1-2H3. The largest absolute Gasteiger partial charge is 0.495 e. The Morgan fingerprint density at radius 2 is 1.88 bits per heavy atom. The van der Waals surface area contributed by atoms with Gasteiger partial charge in [-0.3, -0.25) is 9.78 Å². The summed E-state index contributed by atoms with van der Waals surface area (Å²) in [5.41, 5.74) is 0.921. The molecule has 7 heteroatoms. The van der Waals surface area contributed by atoms with Gasteiger partial charge in [0, 0.05) is 37.3 Å². The quantitative estimate of drug-likeness (QED) is 0.834. The molecular weight excluding hydrogens is 310 g/mol. The predicted molar refractivity (Wildman–Crippen MR) is 86.7 cm³/mol. The van der Waals surface area contributed by atoms with Crippen molar-refractivity contribution in [2.24, 2.45) is 5.41 Å². The van der Waals surface area contributed by atoms with Crippen LogP contribution in [0.5, 0.6) is 5.75 Å². The maximum absolute atomic E-state index is 12.4. The topological polar surface area (TPSA) is 72.0 Å². The van der Waals surface area contributed by atoms with Gasteiger partial charge in [0.1, 0.15) is 5.75 Å². The summed E-state index contributed by atoms with van der Waals surface area (Å²) in [6.07, 6.45) is 3.55. The summed E-state index contributed by atoms with van der Waals surface area (Å²) in [5, 5.41) is 0. The molecule has 3 rings (SSSR count). The number of methoxy groups -OCH3 is 2. The lowest BCUT2D eigenvalue weighted by Crippen LogP contribution is -2.62. The van der Waals surface area contributed by atoms with Crippen molar-refractivity contribution >= 4 is 12.0 Å². The Balaban J connectivity index is 1.48. The lowest BCUT2D eigenvalue weighted by atomic mass is 9.72. The van der Waals surface area contributed by atoms with Crippen LogP contribution in [0.2, 0.25) is 0 Å². The number of hydrogen-bond acceptors (Lipinski definition) is 5. The predicted octanol–water partition coefficient (Wildman–Crippen LogP) is 1.32. The van der Waals surface area contributed by atoms with Crippen molar-refractivity contribution in [3.05, 3.63) is 24.0 Å². The van der Waals surface area contributed by atoms with Crippen molar-refractivity contribution in [1.29, 1.82) is 0 Å². The van der Waals surface area contributed by atoms with Crippen LogP contribution in [0.25, 0.3) is 0 Å². The highest BCUT2D eigenvalue weighted by molar-refractivity contribution is 5.78. The number of piperidine rings is 1. The molecule has 0 N–H and O–H groups in total. The average molecular weight is 333 g/mol. The maximum atomic E-state index is 12.4. The summed E-state index contributed by atoms with van der Waals surface area (Å²) < 4.78 is 9.81. The van der Waals surface area contributed by atoms with Crippen LogP contribution in [0.15, 0.2) is 18.3 Å². The number of nitrogens with zero attached hydrogens (tertiary/aromatic N) is 3. The van der Waals surface area contributed by atoms with E-state index in [1.54, 1.807) is 18.2 Å². The molecule has 2 saturated heterocycles. The second kappa shape index (κ2) is 6.67. The third-order valence-electron chi connectivity index (χ3n) is 5.03. The summed E-state index contributed by atoms with van der Waals surface area (Å²) in [6, 6.07) is 3.64. The number of carbonyl (C=O) groups is 2.